The van der Waals surface area contributed by atoms with E-state index in [4.69, 9.17) is 18.9 Å². The number of esters is 1. The molecule has 0 fully saturated rings. The van der Waals surface area contributed by atoms with Crippen molar-refractivity contribution in [3.05, 3.63) is 57.7 Å². The van der Waals surface area contributed by atoms with Crippen LogP contribution in [0.15, 0.2) is 23.8 Å². The van der Waals surface area contributed by atoms with Crippen LogP contribution in [0.2, 0.25) is 0 Å². The molecule has 1 aromatic carbocycles. The van der Waals surface area contributed by atoms with Crippen molar-refractivity contribution in [1.82, 2.24) is 4.57 Å². The van der Waals surface area contributed by atoms with Gasteiger partial charge in [-0.1, -0.05) is 0 Å². The SMILES string of the molecule is COCCn1c(C)cc(/C=C(\C#N)C(=O)OCc2cc(F)cc3c2OCOC3)c1C. The number of fused-ring (bicyclic) bond motifs is 1. The first-order valence-corrected chi connectivity index (χ1v) is 9.41. The molecule has 8 heteroatoms. The highest BCUT2D eigenvalue weighted by Gasteiger charge is 2.19. The van der Waals surface area contributed by atoms with E-state index in [1.807, 2.05) is 30.6 Å². The zero-order valence-corrected chi connectivity index (χ0v) is 17.2. The molecule has 30 heavy (non-hydrogen) atoms. The molecule has 0 N–H and O–H groups in total. The summed E-state index contributed by atoms with van der Waals surface area (Å²) >= 11 is 0. The van der Waals surface area contributed by atoms with Crippen LogP contribution in [0.4, 0.5) is 4.39 Å². The normalized spacial score (nSPS) is 13.4. The first-order valence-electron chi connectivity index (χ1n) is 9.41. The molecule has 0 aliphatic carbocycles. The van der Waals surface area contributed by atoms with E-state index in [1.54, 1.807) is 7.11 Å². The Morgan fingerprint density at radius 3 is 2.90 bits per heavy atom. The van der Waals surface area contributed by atoms with Crippen LogP contribution in [-0.4, -0.2) is 31.0 Å². The van der Waals surface area contributed by atoms with Crippen molar-refractivity contribution in [3.8, 4) is 11.8 Å². The second kappa shape index (κ2) is 9.57. The Labute approximate surface area is 174 Å². The fraction of sp³-hybridized carbons (Fsp3) is 0.364. The van der Waals surface area contributed by atoms with E-state index in [1.165, 1.54) is 18.2 Å². The van der Waals surface area contributed by atoms with Gasteiger partial charge in [-0.3, -0.25) is 0 Å². The number of aryl methyl sites for hydroxylation is 1. The number of rotatable bonds is 7. The molecular formula is C22H23FN2O5. The maximum Gasteiger partial charge on any atom is 0.349 e. The third kappa shape index (κ3) is 4.70. The summed E-state index contributed by atoms with van der Waals surface area (Å²) in [5.41, 5.74) is 3.45. The van der Waals surface area contributed by atoms with E-state index in [-0.39, 0.29) is 25.6 Å². The van der Waals surface area contributed by atoms with Gasteiger partial charge in [-0.25, -0.2) is 9.18 Å². The number of aromatic nitrogens is 1. The first-order chi connectivity index (χ1) is 14.4. The van der Waals surface area contributed by atoms with Gasteiger partial charge in [0.2, 0.25) is 0 Å². The van der Waals surface area contributed by atoms with Gasteiger partial charge in [0.05, 0.1) is 13.2 Å². The monoisotopic (exact) mass is 414 g/mol. The van der Waals surface area contributed by atoms with Crippen LogP contribution < -0.4 is 4.74 Å². The maximum atomic E-state index is 13.8. The lowest BCUT2D eigenvalue weighted by molar-refractivity contribution is -0.139. The minimum atomic E-state index is -0.788. The van der Waals surface area contributed by atoms with E-state index in [0.29, 0.717) is 30.0 Å². The molecule has 0 unspecified atom stereocenters. The molecule has 0 atom stereocenters. The highest BCUT2D eigenvalue weighted by atomic mass is 19.1. The van der Waals surface area contributed by atoms with E-state index in [9.17, 15) is 14.4 Å². The fourth-order valence-corrected chi connectivity index (χ4v) is 3.38. The van der Waals surface area contributed by atoms with E-state index in [2.05, 4.69) is 0 Å². The Bertz CT molecular complexity index is 1020. The Hall–Kier alpha value is -3.15. The molecular weight excluding hydrogens is 391 g/mol. The first kappa shape index (κ1) is 21.6. The van der Waals surface area contributed by atoms with Crippen molar-refractivity contribution in [2.24, 2.45) is 0 Å². The van der Waals surface area contributed by atoms with Crippen LogP contribution in [0.3, 0.4) is 0 Å². The largest absolute Gasteiger partial charge is 0.467 e. The van der Waals surface area contributed by atoms with Crippen LogP contribution in [0.25, 0.3) is 6.08 Å². The van der Waals surface area contributed by atoms with Crippen molar-refractivity contribution in [2.75, 3.05) is 20.5 Å². The number of carbonyl (C=O) groups is 1. The smallest absolute Gasteiger partial charge is 0.349 e. The van der Waals surface area contributed by atoms with Gasteiger partial charge < -0.3 is 23.5 Å². The predicted octanol–water partition coefficient (Wildman–Crippen LogP) is 3.41. The number of hydrogen-bond donors (Lipinski definition) is 0. The summed E-state index contributed by atoms with van der Waals surface area (Å²) in [5, 5.41) is 9.45. The molecule has 3 rings (SSSR count). The topological polar surface area (TPSA) is 82.7 Å². The third-order valence-electron chi connectivity index (χ3n) is 4.88. The minimum Gasteiger partial charge on any atom is -0.467 e. The van der Waals surface area contributed by atoms with Crippen molar-refractivity contribution in [3.63, 3.8) is 0 Å². The number of carbonyl (C=O) groups excluding carboxylic acids is 1. The van der Waals surface area contributed by atoms with Crippen LogP contribution in [-0.2, 0) is 38.8 Å². The molecule has 0 radical (unpaired) electrons. The lowest BCUT2D eigenvalue weighted by atomic mass is 10.1. The van der Waals surface area contributed by atoms with E-state index >= 15 is 0 Å². The zero-order valence-electron chi connectivity index (χ0n) is 17.2. The highest BCUT2D eigenvalue weighted by Crippen LogP contribution is 2.30. The Morgan fingerprint density at radius 2 is 2.17 bits per heavy atom. The lowest BCUT2D eigenvalue weighted by Gasteiger charge is -2.20. The summed E-state index contributed by atoms with van der Waals surface area (Å²) in [6.45, 7) is 5.12. The van der Waals surface area contributed by atoms with Gasteiger partial charge in [0.1, 0.15) is 29.8 Å². The van der Waals surface area contributed by atoms with Crippen LogP contribution in [0.1, 0.15) is 28.1 Å². The molecule has 0 saturated carbocycles. The van der Waals surface area contributed by atoms with Gasteiger partial charge in [0, 0.05) is 36.2 Å². The highest BCUT2D eigenvalue weighted by molar-refractivity contribution is 5.98. The molecule has 1 aliphatic heterocycles. The van der Waals surface area contributed by atoms with Crippen LogP contribution >= 0.6 is 0 Å². The number of benzene rings is 1. The van der Waals surface area contributed by atoms with Crippen molar-refractivity contribution >= 4 is 12.0 Å². The van der Waals surface area contributed by atoms with E-state index in [0.717, 1.165) is 17.0 Å². The number of ether oxygens (including phenoxy) is 4. The fourth-order valence-electron chi connectivity index (χ4n) is 3.38. The molecule has 158 valence electrons. The van der Waals surface area contributed by atoms with Crippen molar-refractivity contribution < 1.29 is 28.1 Å². The number of halogens is 1. The summed E-state index contributed by atoms with van der Waals surface area (Å²) in [6.07, 6.45) is 1.50. The average Bonchev–Trinajstić information content (AvgIpc) is 3.00. The minimum absolute atomic E-state index is 0.0433. The van der Waals surface area contributed by atoms with Crippen LogP contribution in [0.5, 0.6) is 5.75 Å². The summed E-state index contributed by atoms with van der Waals surface area (Å²) in [6, 6.07) is 6.35. The number of nitriles is 1. The maximum absolute atomic E-state index is 13.8. The van der Waals surface area contributed by atoms with Crippen LogP contribution in [0, 0.1) is 31.0 Å². The van der Waals surface area contributed by atoms with Crippen molar-refractivity contribution in [2.45, 2.75) is 33.6 Å². The quantitative estimate of drug-likeness (QED) is 0.392. The molecule has 1 aromatic heterocycles. The predicted molar refractivity (Wildman–Crippen MR) is 106 cm³/mol. The standard InChI is InChI=1S/C22H23FN2O5/c1-14-6-16(15(2)25(14)4-5-27-3)7-17(10-24)22(26)29-12-19-9-20(23)8-18-11-28-13-30-21(18)19/h6-9H,4-5,11-13H2,1-3H3/b17-7+. The zero-order chi connectivity index (χ0) is 21.7. The molecule has 1 aliphatic rings. The molecule has 2 aromatic rings. The van der Waals surface area contributed by atoms with Gasteiger partial charge in [-0.2, -0.15) is 5.26 Å². The molecule has 0 spiro atoms. The molecule has 0 amide bonds. The Balaban J connectivity index is 1.77. The average molecular weight is 414 g/mol. The van der Waals surface area contributed by atoms with Gasteiger partial charge >= 0.3 is 5.97 Å². The molecule has 7 nitrogen and oxygen atoms in total. The molecule has 0 bridgehead atoms. The summed E-state index contributed by atoms with van der Waals surface area (Å²) in [7, 11) is 1.63. The summed E-state index contributed by atoms with van der Waals surface area (Å²) in [5.74, 6) is -0.822. The van der Waals surface area contributed by atoms with Gasteiger partial charge in [-0.05, 0) is 43.7 Å². The number of nitrogens with zero attached hydrogens (tertiary/aromatic N) is 2. The van der Waals surface area contributed by atoms with Gasteiger partial charge in [0.15, 0.2) is 6.79 Å². The van der Waals surface area contributed by atoms with Crippen molar-refractivity contribution in [1.29, 1.82) is 5.26 Å². The summed E-state index contributed by atoms with van der Waals surface area (Å²) in [4.78, 5) is 12.5. The second-order valence-corrected chi connectivity index (χ2v) is 6.88. The summed E-state index contributed by atoms with van der Waals surface area (Å²) < 4.78 is 36.8. The Kier molecular flexibility index (Phi) is 6.87. The van der Waals surface area contributed by atoms with Gasteiger partial charge in [0.25, 0.3) is 0 Å². The third-order valence-corrected chi connectivity index (χ3v) is 4.88. The molecule has 0 saturated heterocycles. The second-order valence-electron chi connectivity index (χ2n) is 6.88. The van der Waals surface area contributed by atoms with E-state index < -0.39 is 11.8 Å². The Morgan fingerprint density at radius 1 is 1.37 bits per heavy atom. The lowest BCUT2D eigenvalue weighted by Crippen LogP contribution is -2.15. The van der Waals surface area contributed by atoms with Gasteiger partial charge in [-0.15, -0.1) is 0 Å². The molecule has 2 heterocycles. The number of methoxy groups -OCH3 is 1. The number of hydrogen-bond acceptors (Lipinski definition) is 6.